The van der Waals surface area contributed by atoms with E-state index in [-0.39, 0.29) is 5.78 Å². The Labute approximate surface area is 172 Å². The van der Waals surface area contributed by atoms with Gasteiger partial charge in [-0.3, -0.25) is 4.79 Å². The lowest BCUT2D eigenvalue weighted by Crippen LogP contribution is -2.38. The van der Waals surface area contributed by atoms with Crippen LogP contribution in [-0.2, 0) is 11.2 Å². The molecule has 156 valence electrons. The molecule has 1 N–H and O–H groups in total. The van der Waals surface area contributed by atoms with Crippen LogP contribution in [0.4, 0.5) is 0 Å². The Bertz CT molecular complexity index is 891. The van der Waals surface area contributed by atoms with Gasteiger partial charge in [0, 0.05) is 36.9 Å². The van der Waals surface area contributed by atoms with Crippen molar-refractivity contribution in [2.24, 2.45) is 0 Å². The van der Waals surface area contributed by atoms with Gasteiger partial charge in [0.25, 0.3) is 0 Å². The van der Waals surface area contributed by atoms with Gasteiger partial charge < -0.3 is 9.67 Å². The molecular weight excluding hydrogens is 362 g/mol. The van der Waals surface area contributed by atoms with Crippen molar-refractivity contribution in [3.8, 4) is 0 Å². The number of Topliss-reactive ketones (excluding diaryl/α,β-unsaturated/α-hetero) is 1. The molecule has 3 aliphatic rings. The fourth-order valence-corrected chi connectivity index (χ4v) is 4.99. The second kappa shape index (κ2) is 7.82. The third kappa shape index (κ3) is 3.86. The van der Waals surface area contributed by atoms with Crippen molar-refractivity contribution < 1.29 is 9.90 Å². The summed E-state index contributed by atoms with van der Waals surface area (Å²) in [5.41, 5.74) is 2.67. The minimum absolute atomic E-state index is 0.214. The monoisotopic (exact) mass is 395 g/mol. The summed E-state index contributed by atoms with van der Waals surface area (Å²) < 4.78 is 2.42. The fourth-order valence-electron chi connectivity index (χ4n) is 4.99. The standard InChI is InChI=1S/C24H33N3O2/c28-19(16-24(29)14-5-15-24)10-1-2-11-22-25-21-13-12-20(17-6-3-7-17)26-23(21)27(22)18-8-4-9-18/h12-13,17-18,29H,1-11,14-16H2. The number of aryl methyl sites for hydroxylation is 1. The average molecular weight is 396 g/mol. The summed E-state index contributed by atoms with van der Waals surface area (Å²) >= 11 is 0. The number of imidazole rings is 1. The van der Waals surface area contributed by atoms with Gasteiger partial charge in [-0.15, -0.1) is 0 Å². The molecule has 0 bridgehead atoms. The molecule has 0 amide bonds. The Balaban J connectivity index is 1.24. The molecule has 2 aromatic heterocycles. The van der Waals surface area contributed by atoms with E-state index < -0.39 is 5.60 Å². The zero-order valence-corrected chi connectivity index (χ0v) is 17.4. The van der Waals surface area contributed by atoms with Crippen molar-refractivity contribution in [2.75, 3.05) is 0 Å². The normalized spacial score (nSPS) is 21.6. The largest absolute Gasteiger partial charge is 0.389 e. The molecular formula is C24H33N3O2. The number of aliphatic hydroxyl groups is 1. The summed E-state index contributed by atoms with van der Waals surface area (Å²) in [5, 5.41) is 10.2. The number of ketones is 1. The van der Waals surface area contributed by atoms with Crippen LogP contribution in [0.3, 0.4) is 0 Å². The molecule has 0 spiro atoms. The summed E-state index contributed by atoms with van der Waals surface area (Å²) in [6.45, 7) is 0. The summed E-state index contributed by atoms with van der Waals surface area (Å²) in [7, 11) is 0. The molecule has 0 atom stereocenters. The van der Waals surface area contributed by atoms with Gasteiger partial charge in [-0.05, 0) is 76.3 Å². The number of aromatic nitrogens is 3. The quantitative estimate of drug-likeness (QED) is 0.606. The van der Waals surface area contributed by atoms with Gasteiger partial charge in [-0.25, -0.2) is 9.97 Å². The lowest BCUT2D eigenvalue weighted by atomic mass is 9.76. The first kappa shape index (κ1) is 19.2. The molecule has 0 unspecified atom stereocenters. The Hall–Kier alpha value is -1.75. The first-order valence-corrected chi connectivity index (χ1v) is 11.7. The Kier molecular flexibility index (Phi) is 5.19. The minimum Gasteiger partial charge on any atom is -0.389 e. The molecule has 2 heterocycles. The second-order valence-electron chi connectivity index (χ2n) is 9.69. The van der Waals surface area contributed by atoms with Gasteiger partial charge in [0.15, 0.2) is 5.65 Å². The first-order valence-electron chi connectivity index (χ1n) is 11.7. The van der Waals surface area contributed by atoms with Crippen LogP contribution in [0.15, 0.2) is 12.1 Å². The maximum Gasteiger partial charge on any atom is 0.160 e. The molecule has 3 aliphatic carbocycles. The van der Waals surface area contributed by atoms with E-state index in [1.807, 2.05) is 0 Å². The molecule has 0 radical (unpaired) electrons. The van der Waals surface area contributed by atoms with Crippen LogP contribution in [0.5, 0.6) is 0 Å². The molecule has 2 aromatic rings. The fraction of sp³-hybridized carbons (Fsp3) is 0.708. The van der Waals surface area contributed by atoms with Crippen LogP contribution >= 0.6 is 0 Å². The Morgan fingerprint density at radius 3 is 2.48 bits per heavy atom. The number of hydrogen-bond acceptors (Lipinski definition) is 4. The van der Waals surface area contributed by atoms with E-state index in [1.54, 1.807) is 0 Å². The Morgan fingerprint density at radius 1 is 1.07 bits per heavy atom. The van der Waals surface area contributed by atoms with Crippen LogP contribution in [0.1, 0.15) is 107 Å². The van der Waals surface area contributed by atoms with E-state index >= 15 is 0 Å². The molecule has 5 heteroatoms. The molecule has 3 saturated carbocycles. The highest BCUT2D eigenvalue weighted by atomic mass is 16.3. The number of unbranched alkanes of at least 4 members (excludes halogenated alkanes) is 1. The minimum atomic E-state index is -0.681. The zero-order chi connectivity index (χ0) is 19.8. The number of pyridine rings is 1. The van der Waals surface area contributed by atoms with Crippen molar-refractivity contribution in [1.29, 1.82) is 0 Å². The van der Waals surface area contributed by atoms with Crippen LogP contribution in [0, 0.1) is 0 Å². The smallest absolute Gasteiger partial charge is 0.160 e. The van der Waals surface area contributed by atoms with E-state index in [1.165, 1.54) is 44.2 Å². The highest BCUT2D eigenvalue weighted by Gasteiger charge is 2.36. The second-order valence-corrected chi connectivity index (χ2v) is 9.69. The summed E-state index contributed by atoms with van der Waals surface area (Å²) in [6.07, 6.45) is 13.9. The van der Waals surface area contributed by atoms with Crippen molar-refractivity contribution in [2.45, 2.75) is 107 Å². The number of carbonyl (C=O) groups is 1. The molecule has 3 fully saturated rings. The summed E-state index contributed by atoms with van der Waals surface area (Å²) in [6, 6.07) is 4.89. The van der Waals surface area contributed by atoms with Gasteiger partial charge in [0.2, 0.25) is 0 Å². The van der Waals surface area contributed by atoms with Gasteiger partial charge in [-0.1, -0.05) is 6.42 Å². The van der Waals surface area contributed by atoms with E-state index in [9.17, 15) is 9.90 Å². The van der Waals surface area contributed by atoms with Crippen molar-refractivity contribution in [3.63, 3.8) is 0 Å². The maximum absolute atomic E-state index is 12.2. The lowest BCUT2D eigenvalue weighted by molar-refractivity contribution is -0.128. The van der Waals surface area contributed by atoms with Crippen LogP contribution < -0.4 is 0 Å². The number of rotatable bonds is 9. The number of nitrogens with zero attached hydrogens (tertiary/aromatic N) is 3. The topological polar surface area (TPSA) is 68.0 Å². The van der Waals surface area contributed by atoms with E-state index in [0.717, 1.165) is 55.5 Å². The van der Waals surface area contributed by atoms with Crippen molar-refractivity contribution in [3.05, 3.63) is 23.7 Å². The van der Waals surface area contributed by atoms with E-state index in [4.69, 9.17) is 9.97 Å². The molecule has 5 nitrogen and oxygen atoms in total. The highest BCUT2D eigenvalue weighted by molar-refractivity contribution is 5.79. The van der Waals surface area contributed by atoms with Crippen molar-refractivity contribution >= 4 is 16.9 Å². The van der Waals surface area contributed by atoms with Crippen molar-refractivity contribution in [1.82, 2.24) is 14.5 Å². The Morgan fingerprint density at radius 2 is 1.86 bits per heavy atom. The van der Waals surface area contributed by atoms with Gasteiger partial charge in [0.05, 0.1) is 5.60 Å². The third-order valence-corrected chi connectivity index (χ3v) is 7.51. The molecule has 5 rings (SSSR count). The molecule has 0 aromatic carbocycles. The number of hydrogen-bond donors (Lipinski definition) is 1. The lowest BCUT2D eigenvalue weighted by Gasteiger charge is -2.35. The molecule has 29 heavy (non-hydrogen) atoms. The predicted octanol–water partition coefficient (Wildman–Crippen LogP) is 5.01. The van der Waals surface area contributed by atoms with Crippen LogP contribution in [0.25, 0.3) is 11.2 Å². The third-order valence-electron chi connectivity index (χ3n) is 7.51. The molecule has 0 saturated heterocycles. The molecule has 0 aliphatic heterocycles. The van der Waals surface area contributed by atoms with Gasteiger partial charge in [-0.2, -0.15) is 0 Å². The SMILES string of the molecule is O=C(CCCCc1nc2ccc(C3CCC3)nc2n1C1CCC1)CC1(O)CCC1. The first-order chi connectivity index (χ1) is 14.1. The van der Waals surface area contributed by atoms with Gasteiger partial charge in [0.1, 0.15) is 17.1 Å². The van der Waals surface area contributed by atoms with Gasteiger partial charge >= 0.3 is 0 Å². The number of carbonyl (C=O) groups excluding carboxylic acids is 1. The summed E-state index contributed by atoms with van der Waals surface area (Å²) in [4.78, 5) is 22.2. The highest BCUT2D eigenvalue weighted by Crippen LogP contribution is 2.39. The van der Waals surface area contributed by atoms with E-state index in [0.29, 0.717) is 24.8 Å². The summed E-state index contributed by atoms with van der Waals surface area (Å²) in [5.74, 6) is 2.00. The average Bonchev–Trinajstić information content (AvgIpc) is 2.92. The zero-order valence-electron chi connectivity index (χ0n) is 17.4. The van der Waals surface area contributed by atoms with Crippen LogP contribution in [0.2, 0.25) is 0 Å². The van der Waals surface area contributed by atoms with Crippen LogP contribution in [-0.4, -0.2) is 31.0 Å². The maximum atomic E-state index is 12.2. The number of fused-ring (bicyclic) bond motifs is 1. The predicted molar refractivity (Wildman–Crippen MR) is 113 cm³/mol. The van der Waals surface area contributed by atoms with E-state index in [2.05, 4.69) is 16.7 Å².